The van der Waals surface area contributed by atoms with Crippen LogP contribution in [0.3, 0.4) is 0 Å². The third-order valence-corrected chi connectivity index (χ3v) is 1.40. The second kappa shape index (κ2) is 11.0. The van der Waals surface area contributed by atoms with Gasteiger partial charge in [0.25, 0.3) is 0 Å². The third kappa shape index (κ3) is 13.9. The van der Waals surface area contributed by atoms with Gasteiger partial charge in [-0.3, -0.25) is 0 Å². The van der Waals surface area contributed by atoms with Gasteiger partial charge in [-0.05, 0) is 6.42 Å². The molecule has 0 saturated heterocycles. The monoisotopic (exact) mass is 187 g/mol. The molecular weight excluding hydrogens is 166 g/mol. The van der Waals surface area contributed by atoms with Crippen LogP contribution in [0.15, 0.2) is 11.8 Å². The average Bonchev–Trinajstić information content (AvgIpc) is 2.14. The van der Waals surface area contributed by atoms with Crippen LogP contribution >= 0.6 is 0 Å². The van der Waals surface area contributed by atoms with Gasteiger partial charge in [0.15, 0.2) is 0 Å². The van der Waals surface area contributed by atoms with E-state index in [4.69, 9.17) is 10.8 Å². The zero-order chi connectivity index (χ0) is 10.7. The van der Waals surface area contributed by atoms with E-state index >= 15 is 0 Å². The van der Waals surface area contributed by atoms with Gasteiger partial charge in [-0.25, -0.2) is 4.79 Å². The van der Waals surface area contributed by atoms with Crippen molar-refractivity contribution in [3.05, 3.63) is 11.8 Å². The van der Waals surface area contributed by atoms with E-state index in [2.05, 4.69) is 13.8 Å². The molecule has 0 aromatic rings. The number of nitrogens with two attached hydrogens (primary N) is 1. The molecule has 0 rings (SSSR count). The molecule has 0 bridgehead atoms. The lowest BCUT2D eigenvalue weighted by atomic mass is 10.3. The molecule has 0 saturated carbocycles. The molecule has 3 heteroatoms. The van der Waals surface area contributed by atoms with Gasteiger partial charge >= 0.3 is 5.97 Å². The lowest BCUT2D eigenvalue weighted by molar-refractivity contribution is -0.132. The molecule has 0 atom stereocenters. The minimum atomic E-state index is -1.04. The Kier molecular flexibility index (Phi) is 12.3. The second-order valence-electron chi connectivity index (χ2n) is 2.75. The first kappa shape index (κ1) is 14.5. The maximum atomic E-state index is 10.0. The predicted molar refractivity (Wildman–Crippen MR) is 55.4 cm³/mol. The van der Waals surface area contributed by atoms with Crippen molar-refractivity contribution < 1.29 is 9.90 Å². The Morgan fingerprint density at radius 3 is 1.92 bits per heavy atom. The zero-order valence-electron chi connectivity index (χ0n) is 8.84. The Balaban J connectivity index is 0. The Morgan fingerprint density at radius 2 is 1.69 bits per heavy atom. The molecule has 0 fully saturated rings. The van der Waals surface area contributed by atoms with Crippen molar-refractivity contribution >= 4 is 5.97 Å². The Morgan fingerprint density at radius 1 is 1.23 bits per heavy atom. The summed E-state index contributed by atoms with van der Waals surface area (Å²) in [5.41, 5.74) is 5.01. The lowest BCUT2D eigenvalue weighted by Crippen LogP contribution is -2.09. The summed E-state index contributed by atoms with van der Waals surface area (Å²) in [7, 11) is 0. The molecule has 0 radical (unpaired) electrons. The molecule has 3 nitrogen and oxygen atoms in total. The van der Waals surface area contributed by atoms with E-state index in [1.54, 1.807) is 0 Å². The van der Waals surface area contributed by atoms with Crippen LogP contribution in [-0.4, -0.2) is 11.1 Å². The zero-order valence-corrected chi connectivity index (χ0v) is 8.84. The standard InChI is InChI=1S/C6H11NO2.C4H10/c1-2-3-4-5(7)6(8)9;1-3-4-2/h4H,2-3,7H2,1H3,(H,8,9);3-4H2,1-2H3/b5-4-;. The minimum Gasteiger partial charge on any atom is -0.477 e. The number of carboxylic acids is 1. The van der Waals surface area contributed by atoms with Crippen molar-refractivity contribution in [3.8, 4) is 0 Å². The van der Waals surface area contributed by atoms with Crippen LogP contribution in [-0.2, 0) is 4.79 Å². The normalized spacial score (nSPS) is 10.2. The van der Waals surface area contributed by atoms with Crippen molar-refractivity contribution in [1.82, 2.24) is 0 Å². The summed E-state index contributed by atoms with van der Waals surface area (Å²) in [6, 6.07) is 0. The topological polar surface area (TPSA) is 63.3 Å². The summed E-state index contributed by atoms with van der Waals surface area (Å²) in [4.78, 5) is 10.0. The van der Waals surface area contributed by atoms with Gasteiger partial charge in [0.05, 0.1) is 0 Å². The number of hydrogen-bond donors (Lipinski definition) is 2. The molecule has 0 aliphatic rings. The molecule has 0 heterocycles. The third-order valence-electron chi connectivity index (χ3n) is 1.40. The number of carbonyl (C=O) groups is 1. The summed E-state index contributed by atoms with van der Waals surface area (Å²) in [6.45, 7) is 6.33. The highest BCUT2D eigenvalue weighted by Crippen LogP contribution is 1.91. The van der Waals surface area contributed by atoms with E-state index < -0.39 is 5.97 Å². The second-order valence-corrected chi connectivity index (χ2v) is 2.75. The van der Waals surface area contributed by atoms with E-state index in [1.807, 2.05) is 6.92 Å². The van der Waals surface area contributed by atoms with Gasteiger partial charge in [-0.15, -0.1) is 0 Å². The van der Waals surface area contributed by atoms with Crippen molar-refractivity contribution in [3.63, 3.8) is 0 Å². The number of unbranched alkanes of at least 4 members (excludes halogenated alkanes) is 2. The first-order valence-electron chi connectivity index (χ1n) is 4.78. The molecule has 0 aromatic heterocycles. The number of carboxylic acid groups (broad SMARTS) is 1. The van der Waals surface area contributed by atoms with Crippen LogP contribution in [0.4, 0.5) is 0 Å². The van der Waals surface area contributed by atoms with Gasteiger partial charge in [-0.1, -0.05) is 46.1 Å². The van der Waals surface area contributed by atoms with Gasteiger partial charge in [-0.2, -0.15) is 0 Å². The first-order valence-corrected chi connectivity index (χ1v) is 4.78. The minimum absolute atomic E-state index is 0.0585. The van der Waals surface area contributed by atoms with E-state index in [0.29, 0.717) is 0 Å². The largest absolute Gasteiger partial charge is 0.477 e. The van der Waals surface area contributed by atoms with Crippen LogP contribution in [0.1, 0.15) is 46.5 Å². The van der Waals surface area contributed by atoms with E-state index in [0.717, 1.165) is 12.8 Å². The highest BCUT2D eigenvalue weighted by molar-refractivity contribution is 5.85. The molecule has 0 spiro atoms. The summed E-state index contributed by atoms with van der Waals surface area (Å²) in [5, 5.41) is 8.22. The van der Waals surface area contributed by atoms with Crippen LogP contribution < -0.4 is 5.73 Å². The van der Waals surface area contributed by atoms with Crippen LogP contribution in [0.25, 0.3) is 0 Å². The van der Waals surface area contributed by atoms with Gasteiger partial charge < -0.3 is 10.8 Å². The number of hydrogen-bond acceptors (Lipinski definition) is 2. The number of rotatable bonds is 4. The van der Waals surface area contributed by atoms with Gasteiger partial charge in [0.2, 0.25) is 0 Å². The number of allylic oxidation sites excluding steroid dienone is 1. The summed E-state index contributed by atoms with van der Waals surface area (Å²) < 4.78 is 0. The fourth-order valence-electron chi connectivity index (χ4n) is 0.387. The average molecular weight is 187 g/mol. The Labute approximate surface area is 80.6 Å². The Bertz CT molecular complexity index is 151. The van der Waals surface area contributed by atoms with Crippen molar-refractivity contribution in [2.45, 2.75) is 46.5 Å². The predicted octanol–water partition coefficient (Wildman–Crippen LogP) is 2.52. The summed E-state index contributed by atoms with van der Waals surface area (Å²) in [6.07, 6.45) is 5.81. The molecular formula is C10H21NO2. The van der Waals surface area contributed by atoms with Crippen molar-refractivity contribution in [2.75, 3.05) is 0 Å². The van der Waals surface area contributed by atoms with E-state index in [-0.39, 0.29) is 5.70 Å². The molecule has 13 heavy (non-hydrogen) atoms. The Hall–Kier alpha value is -0.990. The fourth-order valence-corrected chi connectivity index (χ4v) is 0.387. The highest BCUT2D eigenvalue weighted by atomic mass is 16.4. The molecule has 0 aliphatic heterocycles. The summed E-state index contributed by atoms with van der Waals surface area (Å²) in [5.74, 6) is -1.04. The van der Waals surface area contributed by atoms with Crippen molar-refractivity contribution in [2.24, 2.45) is 5.73 Å². The maximum absolute atomic E-state index is 10.0. The van der Waals surface area contributed by atoms with Crippen LogP contribution in [0.2, 0.25) is 0 Å². The van der Waals surface area contributed by atoms with Crippen LogP contribution in [0, 0.1) is 0 Å². The quantitative estimate of drug-likeness (QED) is 0.665. The molecule has 0 aliphatic carbocycles. The number of aliphatic carboxylic acids is 1. The van der Waals surface area contributed by atoms with Gasteiger partial charge in [0, 0.05) is 0 Å². The van der Waals surface area contributed by atoms with E-state index in [9.17, 15) is 4.79 Å². The van der Waals surface area contributed by atoms with E-state index in [1.165, 1.54) is 18.9 Å². The molecule has 3 N–H and O–H groups in total. The maximum Gasteiger partial charge on any atom is 0.351 e. The van der Waals surface area contributed by atoms with Gasteiger partial charge in [0.1, 0.15) is 5.70 Å². The summed E-state index contributed by atoms with van der Waals surface area (Å²) >= 11 is 0. The fraction of sp³-hybridized carbons (Fsp3) is 0.700. The molecule has 0 unspecified atom stereocenters. The van der Waals surface area contributed by atoms with Crippen molar-refractivity contribution in [1.29, 1.82) is 0 Å². The SMILES string of the molecule is CCC/C=C(\N)C(=O)O.CCCC. The lowest BCUT2D eigenvalue weighted by Gasteiger charge is -1.90. The van der Waals surface area contributed by atoms with Crippen LogP contribution in [0.5, 0.6) is 0 Å². The smallest absolute Gasteiger partial charge is 0.351 e. The molecule has 0 aromatic carbocycles. The highest BCUT2D eigenvalue weighted by Gasteiger charge is 1.96. The first-order chi connectivity index (χ1) is 6.09. The molecule has 78 valence electrons. The molecule has 0 amide bonds.